The van der Waals surface area contributed by atoms with E-state index in [0.29, 0.717) is 18.4 Å². The first-order valence-corrected chi connectivity index (χ1v) is 10.2. The van der Waals surface area contributed by atoms with E-state index in [2.05, 4.69) is 9.80 Å². The molecule has 3 aliphatic heterocycles. The molecule has 2 bridgehead atoms. The Morgan fingerprint density at radius 2 is 1.85 bits per heavy atom. The molecule has 0 spiro atoms. The van der Waals surface area contributed by atoms with Gasteiger partial charge in [-0.3, -0.25) is 9.59 Å². The summed E-state index contributed by atoms with van der Waals surface area (Å²) in [5, 5.41) is 0. The van der Waals surface area contributed by atoms with Gasteiger partial charge < -0.3 is 9.80 Å². The van der Waals surface area contributed by atoms with Crippen LogP contribution in [0.2, 0.25) is 0 Å². The maximum Gasteiger partial charge on any atom is 0.227 e. The van der Waals surface area contributed by atoms with Crippen LogP contribution in [0.4, 0.5) is 0 Å². The van der Waals surface area contributed by atoms with Crippen LogP contribution in [0.1, 0.15) is 54.4 Å². The van der Waals surface area contributed by atoms with Crippen molar-refractivity contribution in [3.8, 4) is 0 Å². The molecule has 3 saturated heterocycles. The molecule has 0 radical (unpaired) electrons. The lowest BCUT2D eigenvalue weighted by Gasteiger charge is -2.36. The minimum atomic E-state index is 0.181. The molecule has 1 aliphatic carbocycles. The molecule has 26 heavy (non-hydrogen) atoms. The van der Waals surface area contributed by atoms with Crippen molar-refractivity contribution in [3.05, 3.63) is 35.4 Å². The Labute approximate surface area is 156 Å². The van der Waals surface area contributed by atoms with Crippen LogP contribution in [-0.4, -0.2) is 53.7 Å². The molecule has 1 aromatic rings. The van der Waals surface area contributed by atoms with E-state index in [9.17, 15) is 9.59 Å². The SMILES string of the molecule is Cc1ccc(C(=O)CCCN2C[C@H]3CC[C@@H](C2)N(CC2CC2)C3=O)cc1. The maximum atomic E-state index is 12.8. The van der Waals surface area contributed by atoms with Crippen molar-refractivity contribution in [1.82, 2.24) is 9.80 Å². The molecular formula is C22H30N2O2. The van der Waals surface area contributed by atoms with Gasteiger partial charge >= 0.3 is 0 Å². The molecule has 1 amide bonds. The van der Waals surface area contributed by atoms with Crippen LogP contribution in [0, 0.1) is 18.8 Å². The van der Waals surface area contributed by atoms with Crippen molar-refractivity contribution in [3.63, 3.8) is 0 Å². The summed E-state index contributed by atoms with van der Waals surface area (Å²) in [5.74, 6) is 1.57. The Morgan fingerprint density at radius 1 is 1.08 bits per heavy atom. The van der Waals surface area contributed by atoms with Gasteiger partial charge in [-0.15, -0.1) is 0 Å². The lowest BCUT2D eigenvalue weighted by molar-refractivity contribution is -0.140. The van der Waals surface area contributed by atoms with E-state index in [-0.39, 0.29) is 11.7 Å². The molecule has 4 aliphatic rings. The first-order valence-electron chi connectivity index (χ1n) is 10.2. The second kappa shape index (κ2) is 7.51. The highest BCUT2D eigenvalue weighted by Gasteiger charge is 2.42. The quantitative estimate of drug-likeness (QED) is 0.706. The van der Waals surface area contributed by atoms with Gasteiger partial charge in [-0.1, -0.05) is 29.8 Å². The van der Waals surface area contributed by atoms with Gasteiger partial charge in [0.1, 0.15) is 0 Å². The number of aryl methyl sites for hydroxylation is 1. The van der Waals surface area contributed by atoms with Crippen LogP contribution in [0.25, 0.3) is 0 Å². The number of piperidine rings is 1. The van der Waals surface area contributed by atoms with Crippen LogP contribution in [0.5, 0.6) is 0 Å². The summed E-state index contributed by atoms with van der Waals surface area (Å²) in [6.07, 6.45) is 6.26. The predicted octanol–water partition coefficient (Wildman–Crippen LogP) is 3.29. The van der Waals surface area contributed by atoms with Crippen molar-refractivity contribution in [2.75, 3.05) is 26.2 Å². The van der Waals surface area contributed by atoms with Crippen LogP contribution in [0.3, 0.4) is 0 Å². The predicted molar refractivity (Wildman–Crippen MR) is 102 cm³/mol. The largest absolute Gasteiger partial charge is 0.338 e. The third kappa shape index (κ3) is 4.01. The summed E-state index contributed by atoms with van der Waals surface area (Å²) >= 11 is 0. The van der Waals surface area contributed by atoms with Crippen molar-refractivity contribution in [1.29, 1.82) is 0 Å². The van der Waals surface area contributed by atoms with Crippen LogP contribution >= 0.6 is 0 Å². The Hall–Kier alpha value is -1.68. The normalized spacial score (nSPS) is 26.2. The molecule has 140 valence electrons. The minimum Gasteiger partial charge on any atom is -0.338 e. The number of Topliss-reactive ketones (excluding diaryl/α,β-unsaturated/α-hetero) is 1. The Kier molecular flexibility index (Phi) is 5.12. The highest BCUT2D eigenvalue weighted by Crippen LogP contribution is 2.35. The molecule has 1 aromatic carbocycles. The number of ketones is 1. The lowest BCUT2D eigenvalue weighted by Crippen LogP contribution is -2.48. The van der Waals surface area contributed by atoms with E-state index in [0.717, 1.165) is 56.9 Å². The number of hydrogen-bond acceptors (Lipinski definition) is 3. The van der Waals surface area contributed by atoms with Crippen LogP contribution in [0.15, 0.2) is 24.3 Å². The molecule has 4 fully saturated rings. The van der Waals surface area contributed by atoms with E-state index in [1.54, 1.807) is 0 Å². The second-order valence-electron chi connectivity index (χ2n) is 8.51. The van der Waals surface area contributed by atoms with Crippen molar-refractivity contribution in [2.45, 2.75) is 51.5 Å². The van der Waals surface area contributed by atoms with Crippen molar-refractivity contribution < 1.29 is 9.59 Å². The van der Waals surface area contributed by atoms with E-state index in [1.807, 2.05) is 31.2 Å². The van der Waals surface area contributed by atoms with Gasteiger partial charge in [-0.25, -0.2) is 0 Å². The summed E-state index contributed by atoms with van der Waals surface area (Å²) in [7, 11) is 0. The highest BCUT2D eigenvalue weighted by atomic mass is 16.2. The Morgan fingerprint density at radius 3 is 2.58 bits per heavy atom. The lowest BCUT2D eigenvalue weighted by atomic mass is 9.94. The van der Waals surface area contributed by atoms with Crippen molar-refractivity contribution in [2.24, 2.45) is 11.8 Å². The van der Waals surface area contributed by atoms with Gasteiger partial charge in [0.05, 0.1) is 5.92 Å². The molecule has 3 heterocycles. The number of carbonyl (C=O) groups is 2. The van der Waals surface area contributed by atoms with Gasteiger partial charge in [-0.05, 0) is 51.5 Å². The number of benzene rings is 1. The van der Waals surface area contributed by atoms with E-state index < -0.39 is 0 Å². The van der Waals surface area contributed by atoms with E-state index in [1.165, 1.54) is 18.4 Å². The van der Waals surface area contributed by atoms with Crippen LogP contribution in [-0.2, 0) is 4.79 Å². The smallest absolute Gasteiger partial charge is 0.227 e. The standard InChI is InChI=1S/C22H30N2O2/c1-16-4-8-18(9-5-16)21(25)3-2-12-23-14-19-10-11-20(15-23)24(22(19)26)13-17-6-7-17/h4-5,8-9,17,19-20H,2-3,6-7,10-15H2,1H3/t19-,20+/m1/s1. The summed E-state index contributed by atoms with van der Waals surface area (Å²) in [6, 6.07) is 8.26. The molecule has 2 atom stereocenters. The first kappa shape index (κ1) is 17.7. The minimum absolute atomic E-state index is 0.181. The number of nitrogens with zero attached hydrogens (tertiary/aromatic N) is 2. The Balaban J connectivity index is 1.29. The topological polar surface area (TPSA) is 40.6 Å². The molecule has 4 heteroatoms. The highest BCUT2D eigenvalue weighted by molar-refractivity contribution is 5.96. The zero-order chi connectivity index (χ0) is 18.1. The maximum absolute atomic E-state index is 12.8. The van der Waals surface area contributed by atoms with Crippen LogP contribution < -0.4 is 0 Å². The Bertz CT molecular complexity index is 665. The number of amides is 1. The second-order valence-corrected chi connectivity index (χ2v) is 8.51. The van der Waals surface area contributed by atoms with E-state index >= 15 is 0 Å². The number of rotatable bonds is 7. The zero-order valence-corrected chi connectivity index (χ0v) is 15.8. The first-order chi connectivity index (χ1) is 12.6. The average Bonchev–Trinajstić information content (AvgIpc) is 3.46. The molecule has 0 N–H and O–H groups in total. The summed E-state index contributed by atoms with van der Waals surface area (Å²) in [5.41, 5.74) is 2.00. The average molecular weight is 354 g/mol. The summed E-state index contributed by atoms with van der Waals surface area (Å²) in [6.45, 7) is 5.83. The van der Waals surface area contributed by atoms with Gasteiger partial charge in [-0.2, -0.15) is 0 Å². The third-order valence-electron chi connectivity index (χ3n) is 6.27. The fourth-order valence-electron chi connectivity index (χ4n) is 4.48. The van der Waals surface area contributed by atoms with Gasteiger partial charge in [0, 0.05) is 37.7 Å². The summed E-state index contributed by atoms with van der Waals surface area (Å²) < 4.78 is 0. The van der Waals surface area contributed by atoms with Crippen molar-refractivity contribution >= 4 is 11.7 Å². The van der Waals surface area contributed by atoms with E-state index in [4.69, 9.17) is 0 Å². The number of carbonyl (C=O) groups excluding carboxylic acids is 2. The third-order valence-corrected chi connectivity index (χ3v) is 6.27. The monoisotopic (exact) mass is 354 g/mol. The van der Waals surface area contributed by atoms with Gasteiger partial charge in [0.25, 0.3) is 0 Å². The molecule has 1 saturated carbocycles. The fourth-order valence-corrected chi connectivity index (χ4v) is 4.48. The molecule has 5 rings (SSSR count). The molecular weight excluding hydrogens is 324 g/mol. The zero-order valence-electron chi connectivity index (χ0n) is 15.8. The molecule has 0 aromatic heterocycles. The number of hydrogen-bond donors (Lipinski definition) is 0. The fraction of sp³-hybridized carbons (Fsp3) is 0.636. The molecule has 0 unspecified atom stereocenters. The van der Waals surface area contributed by atoms with Gasteiger partial charge in [0.15, 0.2) is 5.78 Å². The number of fused-ring (bicyclic) bond motifs is 4. The molecule has 4 nitrogen and oxygen atoms in total. The summed E-state index contributed by atoms with van der Waals surface area (Å²) in [4.78, 5) is 29.8. The van der Waals surface area contributed by atoms with Gasteiger partial charge in [0.2, 0.25) is 5.91 Å².